The van der Waals surface area contributed by atoms with E-state index in [-0.39, 0.29) is 17.7 Å². The monoisotopic (exact) mass is 382 g/mol. The maximum atomic E-state index is 12.9. The van der Waals surface area contributed by atoms with Crippen LogP contribution >= 0.6 is 11.3 Å². The number of hydrogen-bond donors (Lipinski definition) is 0. The lowest BCUT2D eigenvalue weighted by molar-refractivity contribution is 0.0681. The standard InChI is InChI=1S/C20H18N2O4S/c1-24-14-9-13(10-15(11-14)25-2)16-12-17(19-6-4-8-27-19)22(21-16)20(23)18-5-3-7-26-18/h3-11,17H,12H2,1-2H3. The number of hydrazone groups is 1. The first kappa shape index (κ1) is 17.4. The molecule has 0 aliphatic carbocycles. The Kier molecular flexibility index (Phi) is 4.68. The molecule has 0 bridgehead atoms. The highest BCUT2D eigenvalue weighted by atomic mass is 32.1. The van der Waals surface area contributed by atoms with Gasteiger partial charge in [-0.1, -0.05) is 6.07 Å². The first-order valence-electron chi connectivity index (χ1n) is 8.41. The number of methoxy groups -OCH3 is 2. The third-order valence-electron chi connectivity index (χ3n) is 4.41. The van der Waals surface area contributed by atoms with Crippen LogP contribution in [-0.2, 0) is 0 Å². The zero-order chi connectivity index (χ0) is 18.8. The lowest BCUT2D eigenvalue weighted by atomic mass is 10.0. The van der Waals surface area contributed by atoms with Crippen molar-refractivity contribution in [3.63, 3.8) is 0 Å². The number of nitrogens with zero attached hydrogens (tertiary/aromatic N) is 2. The van der Waals surface area contributed by atoms with E-state index in [1.807, 2.05) is 35.7 Å². The summed E-state index contributed by atoms with van der Waals surface area (Å²) in [5, 5.41) is 8.14. The molecule has 0 saturated heterocycles. The topological polar surface area (TPSA) is 64.3 Å². The van der Waals surface area contributed by atoms with Gasteiger partial charge in [-0.2, -0.15) is 5.10 Å². The summed E-state index contributed by atoms with van der Waals surface area (Å²) < 4.78 is 16.0. The van der Waals surface area contributed by atoms with E-state index in [2.05, 4.69) is 5.10 Å². The van der Waals surface area contributed by atoms with Crippen LogP contribution in [0.4, 0.5) is 0 Å². The average Bonchev–Trinajstić information content (AvgIpc) is 3.47. The molecule has 1 atom stereocenters. The molecule has 6 nitrogen and oxygen atoms in total. The van der Waals surface area contributed by atoms with Gasteiger partial charge in [-0.15, -0.1) is 11.3 Å². The van der Waals surface area contributed by atoms with Gasteiger partial charge in [0.15, 0.2) is 5.76 Å². The lowest BCUT2D eigenvalue weighted by Crippen LogP contribution is -2.26. The van der Waals surface area contributed by atoms with Crippen LogP contribution in [0.15, 0.2) is 63.6 Å². The Morgan fingerprint density at radius 3 is 2.56 bits per heavy atom. The molecule has 1 aliphatic heterocycles. The third-order valence-corrected chi connectivity index (χ3v) is 5.38. The van der Waals surface area contributed by atoms with Gasteiger partial charge in [-0.3, -0.25) is 4.79 Å². The van der Waals surface area contributed by atoms with Crippen LogP contribution in [0, 0.1) is 0 Å². The number of furan rings is 1. The van der Waals surface area contributed by atoms with Crippen LogP contribution in [0.2, 0.25) is 0 Å². The minimum atomic E-state index is -0.261. The Labute approximate surface area is 160 Å². The van der Waals surface area contributed by atoms with Gasteiger partial charge in [-0.25, -0.2) is 5.01 Å². The smallest absolute Gasteiger partial charge is 0.310 e. The Morgan fingerprint density at radius 2 is 1.96 bits per heavy atom. The van der Waals surface area contributed by atoms with Crippen LogP contribution in [0.3, 0.4) is 0 Å². The molecule has 4 rings (SSSR count). The van der Waals surface area contributed by atoms with Crippen molar-refractivity contribution in [3.05, 3.63) is 70.3 Å². The van der Waals surface area contributed by atoms with E-state index >= 15 is 0 Å². The highest BCUT2D eigenvalue weighted by Gasteiger charge is 2.35. The summed E-state index contributed by atoms with van der Waals surface area (Å²) in [6, 6.07) is 12.8. The number of benzene rings is 1. The number of carbonyl (C=O) groups is 1. The molecular weight excluding hydrogens is 364 g/mol. The Balaban J connectivity index is 1.74. The van der Waals surface area contributed by atoms with E-state index in [1.54, 1.807) is 37.7 Å². The summed E-state index contributed by atoms with van der Waals surface area (Å²) in [5.74, 6) is 1.36. The highest BCUT2D eigenvalue weighted by Crippen LogP contribution is 2.37. The molecule has 0 N–H and O–H groups in total. The van der Waals surface area contributed by atoms with Crippen LogP contribution < -0.4 is 9.47 Å². The highest BCUT2D eigenvalue weighted by molar-refractivity contribution is 7.10. The number of hydrogen-bond acceptors (Lipinski definition) is 6. The Morgan fingerprint density at radius 1 is 1.19 bits per heavy atom. The maximum Gasteiger partial charge on any atom is 0.310 e. The van der Waals surface area contributed by atoms with Gasteiger partial charge in [0.2, 0.25) is 0 Å². The van der Waals surface area contributed by atoms with E-state index in [4.69, 9.17) is 13.9 Å². The molecular formula is C20H18N2O4S. The van der Waals surface area contributed by atoms with Crippen LogP contribution in [-0.4, -0.2) is 30.8 Å². The van der Waals surface area contributed by atoms with Gasteiger partial charge in [-0.05, 0) is 35.7 Å². The van der Waals surface area contributed by atoms with Crippen LogP contribution in [0.5, 0.6) is 11.5 Å². The zero-order valence-electron chi connectivity index (χ0n) is 14.9. The summed E-state index contributed by atoms with van der Waals surface area (Å²) in [7, 11) is 3.21. The number of carbonyl (C=O) groups excluding carboxylic acids is 1. The Hall–Kier alpha value is -3.06. The molecule has 1 unspecified atom stereocenters. The molecule has 27 heavy (non-hydrogen) atoms. The van der Waals surface area contributed by atoms with E-state index in [1.165, 1.54) is 11.3 Å². The van der Waals surface area contributed by atoms with E-state index in [9.17, 15) is 4.79 Å². The molecule has 1 aromatic carbocycles. The zero-order valence-corrected chi connectivity index (χ0v) is 15.7. The van der Waals surface area contributed by atoms with Gasteiger partial charge in [0, 0.05) is 22.9 Å². The van der Waals surface area contributed by atoms with E-state index in [0.29, 0.717) is 17.9 Å². The van der Waals surface area contributed by atoms with Crippen molar-refractivity contribution in [2.24, 2.45) is 5.10 Å². The fourth-order valence-corrected chi connectivity index (χ4v) is 3.87. The quantitative estimate of drug-likeness (QED) is 0.658. The molecule has 138 valence electrons. The number of thiophene rings is 1. The summed E-state index contributed by atoms with van der Waals surface area (Å²) in [5.41, 5.74) is 1.66. The molecule has 3 aromatic rings. The summed E-state index contributed by atoms with van der Waals surface area (Å²) in [6.07, 6.45) is 2.09. The Bertz CT molecular complexity index is 942. The van der Waals surface area contributed by atoms with Crippen molar-refractivity contribution in [1.29, 1.82) is 0 Å². The average molecular weight is 382 g/mol. The summed E-state index contributed by atoms with van der Waals surface area (Å²) >= 11 is 1.60. The fraction of sp³-hybridized carbons (Fsp3) is 0.200. The van der Waals surface area contributed by atoms with Crippen molar-refractivity contribution in [2.75, 3.05) is 14.2 Å². The molecule has 3 heterocycles. The second-order valence-corrected chi connectivity index (χ2v) is 6.99. The number of rotatable bonds is 5. The normalized spacial score (nSPS) is 16.3. The third kappa shape index (κ3) is 3.33. The van der Waals surface area contributed by atoms with Crippen molar-refractivity contribution in [1.82, 2.24) is 5.01 Å². The van der Waals surface area contributed by atoms with E-state index in [0.717, 1.165) is 16.2 Å². The van der Waals surface area contributed by atoms with Crippen molar-refractivity contribution in [2.45, 2.75) is 12.5 Å². The first-order chi connectivity index (χ1) is 13.2. The second-order valence-electron chi connectivity index (χ2n) is 6.01. The fourth-order valence-electron chi connectivity index (χ4n) is 3.06. The van der Waals surface area contributed by atoms with Crippen molar-refractivity contribution >= 4 is 23.0 Å². The molecule has 1 aliphatic rings. The SMILES string of the molecule is COc1cc(OC)cc(C2=NN(C(=O)c3ccco3)C(c3cccs3)C2)c1. The predicted octanol–water partition coefficient (Wildman–Crippen LogP) is 4.35. The minimum absolute atomic E-state index is 0.171. The second kappa shape index (κ2) is 7.28. The number of ether oxygens (including phenoxy) is 2. The van der Waals surface area contributed by atoms with Gasteiger partial charge in [0.05, 0.1) is 32.2 Å². The molecule has 1 amide bonds. The largest absolute Gasteiger partial charge is 0.497 e. The van der Waals surface area contributed by atoms with Gasteiger partial charge < -0.3 is 13.9 Å². The van der Waals surface area contributed by atoms with Crippen LogP contribution in [0.25, 0.3) is 0 Å². The van der Waals surface area contributed by atoms with Crippen molar-refractivity contribution in [3.8, 4) is 11.5 Å². The van der Waals surface area contributed by atoms with Gasteiger partial charge in [0.1, 0.15) is 11.5 Å². The molecule has 2 aromatic heterocycles. The van der Waals surface area contributed by atoms with Gasteiger partial charge in [0.25, 0.3) is 0 Å². The summed E-state index contributed by atoms with van der Waals surface area (Å²) in [6.45, 7) is 0. The van der Waals surface area contributed by atoms with Gasteiger partial charge >= 0.3 is 5.91 Å². The molecule has 0 radical (unpaired) electrons. The predicted molar refractivity (Wildman–Crippen MR) is 103 cm³/mol. The van der Waals surface area contributed by atoms with E-state index < -0.39 is 0 Å². The van der Waals surface area contributed by atoms with Crippen molar-refractivity contribution < 1.29 is 18.7 Å². The molecule has 0 saturated carbocycles. The van der Waals surface area contributed by atoms with Crippen LogP contribution in [0.1, 0.15) is 33.5 Å². The summed E-state index contributed by atoms with van der Waals surface area (Å²) in [4.78, 5) is 14.0. The molecule has 0 spiro atoms. The lowest BCUT2D eigenvalue weighted by Gasteiger charge is -2.19. The molecule has 7 heteroatoms. The minimum Gasteiger partial charge on any atom is -0.497 e. The first-order valence-corrected chi connectivity index (χ1v) is 9.29. The molecule has 0 fully saturated rings. The maximum absolute atomic E-state index is 12.9. The number of amides is 1.